The van der Waals surface area contributed by atoms with Crippen molar-refractivity contribution in [2.75, 3.05) is 0 Å². The lowest BCUT2D eigenvalue weighted by Crippen LogP contribution is -1.77. The molecule has 1 heterocycles. The average molecular weight is 239 g/mol. The first-order chi connectivity index (χ1) is 7.56. The van der Waals surface area contributed by atoms with E-state index in [1.807, 2.05) is 24.3 Å². The van der Waals surface area contributed by atoms with Crippen LogP contribution in [0, 0.1) is 0 Å². The molecule has 0 unspecified atom stereocenters. The summed E-state index contributed by atoms with van der Waals surface area (Å²) in [6.07, 6.45) is 4.23. The Balaban J connectivity index is 2.25. The van der Waals surface area contributed by atoms with Crippen molar-refractivity contribution in [1.82, 2.24) is 4.98 Å². The first kappa shape index (κ1) is 11.0. The Morgan fingerprint density at radius 2 is 2.06 bits per heavy atom. The number of aromatic amines is 1. The monoisotopic (exact) mass is 239 g/mol. The summed E-state index contributed by atoms with van der Waals surface area (Å²) < 4.78 is 14.7. The van der Waals surface area contributed by atoms with E-state index in [4.69, 9.17) is 9.79 Å². The van der Waals surface area contributed by atoms with Crippen molar-refractivity contribution in [3.05, 3.63) is 42.3 Å². The van der Waals surface area contributed by atoms with Gasteiger partial charge in [0.15, 0.2) is 0 Å². The predicted octanol–water partition coefficient (Wildman–Crippen LogP) is 2.25. The first-order valence-corrected chi connectivity index (χ1v) is 6.06. The molecule has 0 atom stereocenters. The molecule has 0 saturated carbocycles. The lowest BCUT2D eigenvalue weighted by atomic mass is 10.2. The maximum absolute atomic E-state index is 10.4. The molecular formula is C10H10NO4P. The van der Waals surface area contributed by atoms with E-state index in [0.717, 1.165) is 22.7 Å². The number of phosphoric ester groups is 1. The van der Waals surface area contributed by atoms with Crippen LogP contribution in [0.5, 0.6) is 0 Å². The molecule has 2 aromatic rings. The van der Waals surface area contributed by atoms with E-state index in [1.54, 1.807) is 6.20 Å². The number of benzene rings is 1. The summed E-state index contributed by atoms with van der Waals surface area (Å²) in [5, 5.41) is 0.966. The second-order valence-corrected chi connectivity index (χ2v) is 4.38. The minimum atomic E-state index is -4.44. The number of phosphoric acid groups is 1. The van der Waals surface area contributed by atoms with E-state index in [9.17, 15) is 4.57 Å². The highest BCUT2D eigenvalue weighted by Gasteiger charge is 2.11. The van der Waals surface area contributed by atoms with Gasteiger partial charge in [-0.15, -0.1) is 0 Å². The van der Waals surface area contributed by atoms with Crippen molar-refractivity contribution in [3.8, 4) is 0 Å². The van der Waals surface area contributed by atoms with Gasteiger partial charge in [0.25, 0.3) is 0 Å². The SMILES string of the molecule is O=P(O)(O)O/C=C/c1c[nH]c2ccccc12. The van der Waals surface area contributed by atoms with Crippen molar-refractivity contribution in [2.24, 2.45) is 0 Å². The molecule has 0 bridgehead atoms. The summed E-state index contributed by atoms with van der Waals surface area (Å²) in [5.41, 5.74) is 1.77. The molecular weight excluding hydrogens is 229 g/mol. The topological polar surface area (TPSA) is 82.6 Å². The second-order valence-electron chi connectivity index (χ2n) is 3.19. The van der Waals surface area contributed by atoms with Crippen molar-refractivity contribution >= 4 is 24.8 Å². The molecule has 1 aromatic carbocycles. The molecule has 84 valence electrons. The minimum absolute atomic E-state index is 0.809. The van der Waals surface area contributed by atoms with Gasteiger partial charge in [0.1, 0.15) is 0 Å². The molecule has 1 aromatic heterocycles. The van der Waals surface area contributed by atoms with Crippen molar-refractivity contribution in [3.63, 3.8) is 0 Å². The van der Waals surface area contributed by atoms with Crippen LogP contribution in [0.3, 0.4) is 0 Å². The van der Waals surface area contributed by atoms with E-state index >= 15 is 0 Å². The second kappa shape index (κ2) is 4.14. The van der Waals surface area contributed by atoms with Crippen molar-refractivity contribution in [2.45, 2.75) is 0 Å². The first-order valence-electron chi connectivity index (χ1n) is 4.53. The lowest BCUT2D eigenvalue weighted by Gasteiger charge is -1.99. The number of rotatable bonds is 3. The van der Waals surface area contributed by atoms with E-state index < -0.39 is 7.82 Å². The number of nitrogens with one attached hydrogen (secondary N) is 1. The van der Waals surface area contributed by atoms with Gasteiger partial charge in [0, 0.05) is 22.7 Å². The average Bonchev–Trinajstić information content (AvgIpc) is 2.60. The number of H-pyrrole nitrogens is 1. The smallest absolute Gasteiger partial charge is 0.412 e. The van der Waals surface area contributed by atoms with E-state index in [-0.39, 0.29) is 0 Å². The Hall–Kier alpha value is -1.55. The predicted molar refractivity (Wildman–Crippen MR) is 60.5 cm³/mol. The molecule has 5 nitrogen and oxygen atoms in total. The van der Waals surface area contributed by atoms with Crippen LogP contribution in [-0.4, -0.2) is 14.8 Å². The lowest BCUT2D eigenvalue weighted by molar-refractivity contribution is 0.259. The van der Waals surface area contributed by atoms with Crippen molar-refractivity contribution in [1.29, 1.82) is 0 Å². The zero-order valence-electron chi connectivity index (χ0n) is 8.20. The van der Waals surface area contributed by atoms with Crippen LogP contribution in [0.2, 0.25) is 0 Å². The molecule has 0 radical (unpaired) electrons. The normalized spacial score (nSPS) is 12.4. The van der Waals surface area contributed by atoms with Crippen LogP contribution >= 0.6 is 7.82 Å². The van der Waals surface area contributed by atoms with Gasteiger partial charge in [0.2, 0.25) is 0 Å². The van der Waals surface area contributed by atoms with Gasteiger partial charge < -0.3 is 9.51 Å². The minimum Gasteiger partial charge on any atom is -0.412 e. The third kappa shape index (κ3) is 2.52. The van der Waals surface area contributed by atoms with Crippen LogP contribution in [-0.2, 0) is 9.09 Å². The maximum atomic E-state index is 10.4. The summed E-state index contributed by atoms with van der Waals surface area (Å²) >= 11 is 0. The molecule has 3 N–H and O–H groups in total. The zero-order valence-corrected chi connectivity index (χ0v) is 9.09. The number of para-hydroxylation sites is 1. The molecule has 0 aliphatic heterocycles. The molecule has 0 aliphatic carbocycles. The van der Waals surface area contributed by atoms with Gasteiger partial charge in [-0.05, 0) is 12.1 Å². The molecule has 16 heavy (non-hydrogen) atoms. The molecule has 0 saturated heterocycles. The Labute approximate surface area is 91.6 Å². The summed E-state index contributed by atoms with van der Waals surface area (Å²) in [6.45, 7) is 0. The highest BCUT2D eigenvalue weighted by molar-refractivity contribution is 7.46. The van der Waals surface area contributed by atoms with Gasteiger partial charge in [-0.2, -0.15) is 0 Å². The third-order valence-electron chi connectivity index (χ3n) is 2.07. The van der Waals surface area contributed by atoms with Crippen LogP contribution in [0.1, 0.15) is 5.56 Å². The Morgan fingerprint density at radius 1 is 1.31 bits per heavy atom. The highest BCUT2D eigenvalue weighted by Crippen LogP contribution is 2.36. The number of fused-ring (bicyclic) bond motifs is 1. The summed E-state index contributed by atoms with van der Waals surface area (Å²) in [6, 6.07) is 7.61. The van der Waals surface area contributed by atoms with Gasteiger partial charge in [-0.25, -0.2) is 4.57 Å². The van der Waals surface area contributed by atoms with Crippen LogP contribution in [0.15, 0.2) is 36.7 Å². The number of hydrogen-bond donors (Lipinski definition) is 3. The Morgan fingerprint density at radius 3 is 2.81 bits per heavy atom. The third-order valence-corrected chi connectivity index (χ3v) is 2.46. The highest BCUT2D eigenvalue weighted by atomic mass is 31.2. The summed E-state index contributed by atoms with van der Waals surface area (Å²) in [4.78, 5) is 20.0. The summed E-state index contributed by atoms with van der Waals surface area (Å²) in [7, 11) is -4.44. The van der Waals surface area contributed by atoms with Gasteiger partial charge in [0.05, 0.1) is 6.26 Å². The molecule has 0 fully saturated rings. The molecule has 0 amide bonds. The van der Waals surface area contributed by atoms with E-state index in [1.165, 1.54) is 6.08 Å². The summed E-state index contributed by atoms with van der Waals surface area (Å²) in [5.74, 6) is 0. The largest absolute Gasteiger partial charge is 0.524 e. The molecule has 0 spiro atoms. The Bertz CT molecular complexity index is 569. The molecule has 2 rings (SSSR count). The van der Waals surface area contributed by atoms with Gasteiger partial charge in [-0.3, -0.25) is 9.79 Å². The van der Waals surface area contributed by atoms with Crippen LogP contribution in [0.25, 0.3) is 17.0 Å². The standard InChI is InChI=1S/C10H10NO4P/c12-16(13,14)15-6-5-8-7-11-10-4-2-1-3-9(8)10/h1-7,11H,(H2,12,13,14)/b6-5+. The maximum Gasteiger partial charge on any atom is 0.524 e. The van der Waals surface area contributed by atoms with Crippen molar-refractivity contribution < 1.29 is 18.9 Å². The fraction of sp³-hybridized carbons (Fsp3) is 0. The number of hydrogen-bond acceptors (Lipinski definition) is 2. The molecule has 0 aliphatic rings. The molecule has 6 heteroatoms. The number of aromatic nitrogens is 1. The van der Waals surface area contributed by atoms with Crippen LogP contribution < -0.4 is 0 Å². The fourth-order valence-corrected chi connectivity index (χ4v) is 1.63. The van der Waals surface area contributed by atoms with E-state index in [0.29, 0.717) is 0 Å². The van der Waals surface area contributed by atoms with Crippen LogP contribution in [0.4, 0.5) is 0 Å². The Kier molecular flexibility index (Phi) is 2.83. The van der Waals surface area contributed by atoms with Gasteiger partial charge >= 0.3 is 7.82 Å². The fourth-order valence-electron chi connectivity index (χ4n) is 1.41. The van der Waals surface area contributed by atoms with E-state index in [2.05, 4.69) is 9.51 Å². The quantitative estimate of drug-likeness (QED) is 0.566. The van der Waals surface area contributed by atoms with Gasteiger partial charge in [-0.1, -0.05) is 18.2 Å². The zero-order chi connectivity index (χ0) is 11.6.